The van der Waals surface area contributed by atoms with Gasteiger partial charge >= 0.3 is 0 Å². The lowest BCUT2D eigenvalue weighted by atomic mass is 9.92. The molecule has 1 aromatic heterocycles. The monoisotopic (exact) mass is 207 g/mol. The van der Waals surface area contributed by atoms with Gasteiger partial charge in [0.25, 0.3) is 0 Å². The largest absolute Gasteiger partial charge is 0.313 e. The van der Waals surface area contributed by atoms with E-state index in [4.69, 9.17) is 0 Å². The lowest BCUT2D eigenvalue weighted by Crippen LogP contribution is -2.24. The second kappa shape index (κ2) is 5.21. The third kappa shape index (κ3) is 2.75. The fourth-order valence-electron chi connectivity index (χ4n) is 1.92. The Morgan fingerprint density at radius 2 is 1.87 bits per heavy atom. The number of hydrogen-bond acceptors (Lipinski definition) is 3. The van der Waals surface area contributed by atoms with E-state index in [1.165, 1.54) is 5.56 Å². The standard InChI is InChI=1S/C12H21N3/c1-8(2)11(13-5)10-6-14-7-15-12(10)9(3)4/h6-9,11,13H,1-5H3. The van der Waals surface area contributed by atoms with Gasteiger partial charge in [0.1, 0.15) is 6.33 Å². The lowest BCUT2D eigenvalue weighted by Gasteiger charge is -2.23. The topological polar surface area (TPSA) is 37.8 Å². The van der Waals surface area contributed by atoms with Gasteiger partial charge < -0.3 is 5.32 Å². The normalized spacial score (nSPS) is 13.5. The highest BCUT2D eigenvalue weighted by atomic mass is 14.9. The molecular weight excluding hydrogens is 186 g/mol. The maximum atomic E-state index is 4.38. The summed E-state index contributed by atoms with van der Waals surface area (Å²) in [6.45, 7) is 8.74. The predicted octanol–water partition coefficient (Wildman–Crippen LogP) is 2.52. The van der Waals surface area contributed by atoms with Crippen molar-refractivity contribution in [1.82, 2.24) is 15.3 Å². The van der Waals surface area contributed by atoms with E-state index in [0.717, 1.165) is 5.69 Å². The first-order valence-corrected chi connectivity index (χ1v) is 5.55. The molecule has 0 saturated heterocycles. The van der Waals surface area contributed by atoms with Gasteiger partial charge in [-0.25, -0.2) is 9.97 Å². The van der Waals surface area contributed by atoms with Gasteiger partial charge in [0.05, 0.1) is 5.69 Å². The Labute approximate surface area is 92.3 Å². The Bertz CT molecular complexity index is 307. The van der Waals surface area contributed by atoms with Crippen LogP contribution in [0.2, 0.25) is 0 Å². The van der Waals surface area contributed by atoms with Crippen molar-refractivity contribution in [3.8, 4) is 0 Å². The molecule has 84 valence electrons. The average molecular weight is 207 g/mol. The van der Waals surface area contributed by atoms with Gasteiger partial charge in [0, 0.05) is 17.8 Å². The Morgan fingerprint density at radius 1 is 1.20 bits per heavy atom. The summed E-state index contributed by atoms with van der Waals surface area (Å²) in [6, 6.07) is 0.337. The van der Waals surface area contributed by atoms with Crippen LogP contribution in [0.15, 0.2) is 12.5 Å². The van der Waals surface area contributed by atoms with Gasteiger partial charge in [-0.2, -0.15) is 0 Å². The van der Waals surface area contributed by atoms with Crippen LogP contribution < -0.4 is 5.32 Å². The van der Waals surface area contributed by atoms with E-state index in [0.29, 0.717) is 17.9 Å². The summed E-state index contributed by atoms with van der Waals surface area (Å²) in [4.78, 5) is 8.51. The van der Waals surface area contributed by atoms with E-state index in [-0.39, 0.29) is 0 Å². The van der Waals surface area contributed by atoms with Gasteiger partial charge in [-0.05, 0) is 18.9 Å². The van der Waals surface area contributed by atoms with E-state index in [9.17, 15) is 0 Å². The predicted molar refractivity (Wildman–Crippen MR) is 62.8 cm³/mol. The summed E-state index contributed by atoms with van der Waals surface area (Å²) < 4.78 is 0. The third-order valence-corrected chi connectivity index (χ3v) is 2.63. The first-order valence-electron chi connectivity index (χ1n) is 5.55. The molecule has 0 aliphatic carbocycles. The number of rotatable bonds is 4. The molecule has 0 fully saturated rings. The van der Waals surface area contributed by atoms with Crippen molar-refractivity contribution >= 4 is 0 Å². The summed E-state index contributed by atoms with van der Waals surface area (Å²) in [5.41, 5.74) is 2.38. The van der Waals surface area contributed by atoms with Crippen LogP contribution in [0.3, 0.4) is 0 Å². The van der Waals surface area contributed by atoms with Crippen LogP contribution in [-0.4, -0.2) is 17.0 Å². The summed E-state index contributed by atoms with van der Waals surface area (Å²) >= 11 is 0. The Hall–Kier alpha value is -0.960. The molecule has 0 bridgehead atoms. The summed E-state index contributed by atoms with van der Waals surface area (Å²) in [5, 5.41) is 3.33. The minimum atomic E-state index is 0.337. The molecular formula is C12H21N3. The fourth-order valence-corrected chi connectivity index (χ4v) is 1.92. The number of aromatic nitrogens is 2. The van der Waals surface area contributed by atoms with Crippen molar-refractivity contribution in [3.63, 3.8) is 0 Å². The fraction of sp³-hybridized carbons (Fsp3) is 0.667. The smallest absolute Gasteiger partial charge is 0.115 e. The van der Waals surface area contributed by atoms with Crippen molar-refractivity contribution in [1.29, 1.82) is 0 Å². The van der Waals surface area contributed by atoms with Crippen LogP contribution in [0.1, 0.15) is 50.9 Å². The maximum absolute atomic E-state index is 4.38. The van der Waals surface area contributed by atoms with Crippen LogP contribution in [-0.2, 0) is 0 Å². The highest BCUT2D eigenvalue weighted by Gasteiger charge is 2.19. The van der Waals surface area contributed by atoms with Crippen molar-refractivity contribution in [2.75, 3.05) is 7.05 Å². The summed E-state index contributed by atoms with van der Waals surface area (Å²) in [5.74, 6) is 0.982. The molecule has 0 aliphatic rings. The molecule has 1 rings (SSSR count). The SMILES string of the molecule is CNC(c1cncnc1C(C)C)C(C)C. The van der Waals surface area contributed by atoms with Gasteiger partial charge in [-0.1, -0.05) is 27.7 Å². The summed E-state index contributed by atoms with van der Waals surface area (Å²) in [6.07, 6.45) is 3.56. The molecule has 1 heterocycles. The zero-order chi connectivity index (χ0) is 11.4. The van der Waals surface area contributed by atoms with Crippen LogP contribution in [0, 0.1) is 5.92 Å². The zero-order valence-electron chi connectivity index (χ0n) is 10.3. The number of nitrogens with one attached hydrogen (secondary N) is 1. The molecule has 0 amide bonds. The molecule has 3 heteroatoms. The van der Waals surface area contributed by atoms with Crippen molar-refractivity contribution in [2.45, 2.75) is 39.7 Å². The molecule has 1 atom stereocenters. The Morgan fingerprint density at radius 3 is 2.33 bits per heavy atom. The van der Waals surface area contributed by atoms with Crippen molar-refractivity contribution in [3.05, 3.63) is 23.8 Å². The molecule has 0 spiro atoms. The highest BCUT2D eigenvalue weighted by molar-refractivity contribution is 5.23. The zero-order valence-corrected chi connectivity index (χ0v) is 10.3. The Kier molecular flexibility index (Phi) is 4.21. The second-order valence-corrected chi connectivity index (χ2v) is 4.53. The van der Waals surface area contributed by atoms with Crippen LogP contribution in [0.25, 0.3) is 0 Å². The molecule has 15 heavy (non-hydrogen) atoms. The first kappa shape index (κ1) is 12.1. The Balaban J connectivity index is 3.11. The number of nitrogens with zero attached hydrogens (tertiary/aromatic N) is 2. The molecule has 1 N–H and O–H groups in total. The van der Waals surface area contributed by atoms with E-state index in [1.54, 1.807) is 6.33 Å². The first-order chi connectivity index (χ1) is 7.07. The van der Waals surface area contributed by atoms with Gasteiger partial charge in [-0.15, -0.1) is 0 Å². The maximum Gasteiger partial charge on any atom is 0.115 e. The highest BCUT2D eigenvalue weighted by Crippen LogP contribution is 2.26. The van der Waals surface area contributed by atoms with E-state index < -0.39 is 0 Å². The molecule has 0 aliphatic heterocycles. The minimum absolute atomic E-state index is 0.337. The molecule has 3 nitrogen and oxygen atoms in total. The van der Waals surface area contributed by atoms with Crippen LogP contribution in [0.5, 0.6) is 0 Å². The summed E-state index contributed by atoms with van der Waals surface area (Å²) in [7, 11) is 1.99. The minimum Gasteiger partial charge on any atom is -0.313 e. The number of hydrogen-bond donors (Lipinski definition) is 1. The van der Waals surface area contributed by atoms with Gasteiger partial charge in [0.15, 0.2) is 0 Å². The van der Waals surface area contributed by atoms with E-state index in [2.05, 4.69) is 43.0 Å². The molecule has 1 unspecified atom stereocenters. The van der Waals surface area contributed by atoms with E-state index >= 15 is 0 Å². The third-order valence-electron chi connectivity index (χ3n) is 2.63. The van der Waals surface area contributed by atoms with E-state index in [1.807, 2.05) is 13.2 Å². The average Bonchev–Trinajstić information content (AvgIpc) is 2.18. The molecule has 0 saturated carbocycles. The molecule has 1 aromatic rings. The van der Waals surface area contributed by atoms with Crippen molar-refractivity contribution < 1.29 is 0 Å². The second-order valence-electron chi connectivity index (χ2n) is 4.53. The van der Waals surface area contributed by atoms with Crippen molar-refractivity contribution in [2.24, 2.45) is 5.92 Å². The van der Waals surface area contributed by atoms with Crippen LogP contribution >= 0.6 is 0 Å². The van der Waals surface area contributed by atoms with Crippen LogP contribution in [0.4, 0.5) is 0 Å². The molecule has 0 aromatic carbocycles. The van der Waals surface area contributed by atoms with Gasteiger partial charge in [0.2, 0.25) is 0 Å². The lowest BCUT2D eigenvalue weighted by molar-refractivity contribution is 0.435. The molecule has 0 radical (unpaired) electrons. The quantitative estimate of drug-likeness (QED) is 0.824. The van der Waals surface area contributed by atoms with Gasteiger partial charge in [-0.3, -0.25) is 0 Å².